The SMILES string of the molecule is CCOC(=O)Cc1csc(NC(=O)CCSc2nc(C)cc(C)c2C#N)n1. The van der Waals surface area contributed by atoms with Crippen molar-refractivity contribution in [3.63, 3.8) is 0 Å². The molecule has 9 heteroatoms. The number of amides is 1. The van der Waals surface area contributed by atoms with Crippen molar-refractivity contribution in [2.24, 2.45) is 0 Å². The van der Waals surface area contributed by atoms with Gasteiger partial charge in [-0.3, -0.25) is 9.59 Å². The van der Waals surface area contributed by atoms with Gasteiger partial charge in [-0.15, -0.1) is 23.1 Å². The van der Waals surface area contributed by atoms with Gasteiger partial charge in [-0.05, 0) is 32.4 Å². The summed E-state index contributed by atoms with van der Waals surface area (Å²) in [6.45, 7) is 5.82. The number of carbonyl (C=O) groups excluding carboxylic acids is 2. The van der Waals surface area contributed by atoms with E-state index >= 15 is 0 Å². The predicted octanol–water partition coefficient (Wildman–Crippen LogP) is 3.25. The van der Waals surface area contributed by atoms with Crippen LogP contribution >= 0.6 is 23.1 Å². The average molecular weight is 405 g/mol. The van der Waals surface area contributed by atoms with Crippen LogP contribution in [0, 0.1) is 25.2 Å². The Bertz CT molecular complexity index is 874. The van der Waals surface area contributed by atoms with Gasteiger partial charge in [-0.1, -0.05) is 0 Å². The Morgan fingerprint density at radius 1 is 1.37 bits per heavy atom. The van der Waals surface area contributed by atoms with Crippen molar-refractivity contribution in [1.29, 1.82) is 5.26 Å². The van der Waals surface area contributed by atoms with Crippen LogP contribution in [0.4, 0.5) is 5.13 Å². The number of ether oxygens (including phenoxy) is 1. The largest absolute Gasteiger partial charge is 0.466 e. The van der Waals surface area contributed by atoms with Gasteiger partial charge < -0.3 is 10.1 Å². The Morgan fingerprint density at radius 2 is 2.15 bits per heavy atom. The lowest BCUT2D eigenvalue weighted by Gasteiger charge is -2.07. The van der Waals surface area contributed by atoms with Crippen LogP contribution in [0.1, 0.15) is 35.9 Å². The van der Waals surface area contributed by atoms with Crippen LogP contribution in [0.3, 0.4) is 0 Å². The number of nitrogens with one attached hydrogen (secondary N) is 1. The number of esters is 1. The number of thioether (sulfide) groups is 1. The van der Waals surface area contributed by atoms with Gasteiger partial charge in [0.05, 0.1) is 24.3 Å². The maximum atomic E-state index is 12.1. The molecule has 0 aliphatic heterocycles. The number of carbonyl (C=O) groups is 2. The van der Waals surface area contributed by atoms with E-state index < -0.39 is 0 Å². The van der Waals surface area contributed by atoms with E-state index in [-0.39, 0.29) is 24.7 Å². The summed E-state index contributed by atoms with van der Waals surface area (Å²) in [5.41, 5.74) is 2.85. The molecular weight excluding hydrogens is 384 g/mol. The van der Waals surface area contributed by atoms with Crippen LogP contribution in [0.15, 0.2) is 16.5 Å². The highest BCUT2D eigenvalue weighted by molar-refractivity contribution is 7.99. The van der Waals surface area contributed by atoms with Gasteiger partial charge in [0.15, 0.2) is 5.13 Å². The van der Waals surface area contributed by atoms with Gasteiger partial charge in [0, 0.05) is 23.2 Å². The Balaban J connectivity index is 1.85. The maximum absolute atomic E-state index is 12.1. The molecule has 0 saturated carbocycles. The third-order valence-corrected chi connectivity index (χ3v) is 5.20. The zero-order valence-electron chi connectivity index (χ0n) is 15.4. The van der Waals surface area contributed by atoms with E-state index in [9.17, 15) is 14.9 Å². The van der Waals surface area contributed by atoms with E-state index in [1.54, 1.807) is 12.3 Å². The second-order valence-electron chi connectivity index (χ2n) is 5.64. The zero-order chi connectivity index (χ0) is 19.8. The van der Waals surface area contributed by atoms with Gasteiger partial charge in [0.2, 0.25) is 5.91 Å². The molecule has 0 spiro atoms. The van der Waals surface area contributed by atoms with Crippen molar-refractivity contribution < 1.29 is 14.3 Å². The maximum Gasteiger partial charge on any atom is 0.311 e. The van der Waals surface area contributed by atoms with Gasteiger partial charge in [-0.25, -0.2) is 9.97 Å². The number of nitrogens with zero attached hydrogens (tertiary/aromatic N) is 3. The molecule has 2 aromatic rings. The first kappa shape index (κ1) is 20.9. The van der Waals surface area contributed by atoms with Crippen molar-refractivity contribution in [2.75, 3.05) is 17.7 Å². The summed E-state index contributed by atoms with van der Waals surface area (Å²) < 4.78 is 4.87. The number of rotatable bonds is 8. The van der Waals surface area contributed by atoms with E-state index in [2.05, 4.69) is 21.4 Å². The Morgan fingerprint density at radius 3 is 2.85 bits per heavy atom. The molecule has 27 heavy (non-hydrogen) atoms. The predicted molar refractivity (Wildman–Crippen MR) is 105 cm³/mol. The van der Waals surface area contributed by atoms with Crippen LogP contribution in [0.25, 0.3) is 0 Å². The summed E-state index contributed by atoms with van der Waals surface area (Å²) >= 11 is 2.65. The molecule has 0 unspecified atom stereocenters. The highest BCUT2D eigenvalue weighted by atomic mass is 32.2. The standard InChI is InChI=1S/C18H20N4O3S2/c1-4-25-16(24)8-13-10-27-18(21-13)22-15(23)5-6-26-17-14(9-19)11(2)7-12(3)20-17/h7,10H,4-6,8H2,1-3H3,(H,21,22,23). The highest BCUT2D eigenvalue weighted by Crippen LogP contribution is 2.24. The minimum absolute atomic E-state index is 0.0887. The molecule has 0 saturated heterocycles. The summed E-state index contributed by atoms with van der Waals surface area (Å²) in [4.78, 5) is 32.1. The summed E-state index contributed by atoms with van der Waals surface area (Å²) in [6, 6.07) is 4.03. The van der Waals surface area contributed by atoms with Gasteiger partial charge in [-0.2, -0.15) is 5.26 Å². The summed E-state index contributed by atoms with van der Waals surface area (Å²) in [6.07, 6.45) is 0.350. The minimum Gasteiger partial charge on any atom is -0.466 e. The third kappa shape index (κ3) is 6.34. The lowest BCUT2D eigenvalue weighted by atomic mass is 10.1. The first-order valence-electron chi connectivity index (χ1n) is 8.34. The Labute approximate surface area is 166 Å². The first-order chi connectivity index (χ1) is 12.9. The molecule has 7 nitrogen and oxygen atoms in total. The molecule has 1 amide bonds. The molecular formula is C18H20N4O3S2. The third-order valence-electron chi connectivity index (χ3n) is 3.42. The Hall–Kier alpha value is -2.44. The van der Waals surface area contributed by atoms with Crippen LogP contribution in [0.5, 0.6) is 0 Å². The number of anilines is 1. The number of thiazole rings is 1. The monoisotopic (exact) mass is 404 g/mol. The number of aromatic nitrogens is 2. The first-order valence-corrected chi connectivity index (χ1v) is 10.2. The quantitative estimate of drug-likeness (QED) is 0.532. The molecule has 1 N–H and O–H groups in total. The smallest absolute Gasteiger partial charge is 0.311 e. The average Bonchev–Trinajstić information content (AvgIpc) is 3.01. The molecule has 2 aromatic heterocycles. The van der Waals surface area contributed by atoms with Crippen LogP contribution in [-0.4, -0.2) is 34.2 Å². The second-order valence-corrected chi connectivity index (χ2v) is 7.59. The van der Waals surface area contributed by atoms with Crippen LogP contribution < -0.4 is 5.32 Å². The van der Waals surface area contributed by atoms with Gasteiger partial charge in [0.25, 0.3) is 0 Å². The number of hydrogen-bond acceptors (Lipinski definition) is 8. The van der Waals surface area contributed by atoms with Crippen molar-refractivity contribution >= 4 is 40.1 Å². The van der Waals surface area contributed by atoms with E-state index in [0.29, 0.717) is 33.8 Å². The second kappa shape index (κ2) is 10.0. The van der Waals surface area contributed by atoms with Crippen molar-refractivity contribution in [3.05, 3.63) is 34.0 Å². The topological polar surface area (TPSA) is 105 Å². The molecule has 142 valence electrons. The van der Waals surface area contributed by atoms with E-state index in [4.69, 9.17) is 4.74 Å². The molecule has 0 aliphatic carbocycles. The van der Waals surface area contributed by atoms with Crippen molar-refractivity contribution in [2.45, 2.75) is 38.6 Å². The van der Waals surface area contributed by atoms with Gasteiger partial charge in [0.1, 0.15) is 11.1 Å². The zero-order valence-corrected chi connectivity index (χ0v) is 17.0. The normalized spacial score (nSPS) is 10.3. The van der Waals surface area contributed by atoms with Crippen molar-refractivity contribution in [1.82, 2.24) is 9.97 Å². The molecule has 0 atom stereocenters. The van der Waals surface area contributed by atoms with Gasteiger partial charge >= 0.3 is 5.97 Å². The number of aryl methyl sites for hydroxylation is 2. The van der Waals surface area contributed by atoms with Crippen molar-refractivity contribution in [3.8, 4) is 6.07 Å². The fourth-order valence-corrected chi connectivity index (χ4v) is 4.04. The minimum atomic E-state index is -0.341. The lowest BCUT2D eigenvalue weighted by Crippen LogP contribution is -2.12. The highest BCUT2D eigenvalue weighted by Gasteiger charge is 2.12. The number of hydrogen-bond donors (Lipinski definition) is 1. The lowest BCUT2D eigenvalue weighted by molar-refractivity contribution is -0.142. The molecule has 2 heterocycles. The molecule has 0 aliphatic rings. The summed E-state index contributed by atoms with van der Waals surface area (Å²) in [5.74, 6) is -0.0222. The molecule has 0 aromatic carbocycles. The molecule has 0 bridgehead atoms. The fourth-order valence-electron chi connectivity index (χ4n) is 2.27. The summed E-state index contributed by atoms with van der Waals surface area (Å²) in [7, 11) is 0. The molecule has 0 radical (unpaired) electrons. The number of pyridine rings is 1. The van der Waals surface area contributed by atoms with E-state index in [1.807, 2.05) is 19.9 Å². The van der Waals surface area contributed by atoms with Crippen LogP contribution in [-0.2, 0) is 20.7 Å². The van der Waals surface area contributed by atoms with Crippen LogP contribution in [0.2, 0.25) is 0 Å². The molecule has 0 fully saturated rings. The van der Waals surface area contributed by atoms with E-state index in [0.717, 1.165) is 11.3 Å². The molecule has 2 rings (SSSR count). The summed E-state index contributed by atoms with van der Waals surface area (Å²) in [5, 5.41) is 14.8. The number of nitriles is 1. The Kier molecular flexibility index (Phi) is 7.76. The fraction of sp³-hybridized carbons (Fsp3) is 0.389. The van der Waals surface area contributed by atoms with E-state index in [1.165, 1.54) is 23.1 Å².